The van der Waals surface area contributed by atoms with Crippen LogP contribution in [0, 0.1) is 0 Å². The molecule has 0 N–H and O–H groups in total. The van der Waals surface area contributed by atoms with Crippen LogP contribution >= 0.6 is 0 Å². The summed E-state index contributed by atoms with van der Waals surface area (Å²) in [6, 6.07) is 28.9. The van der Waals surface area contributed by atoms with E-state index in [1.165, 1.54) is 14.6 Å². The van der Waals surface area contributed by atoms with Gasteiger partial charge in [0, 0.05) is 0 Å². The Bertz CT molecular complexity index is 753. The summed E-state index contributed by atoms with van der Waals surface area (Å²) in [7, 11) is 0. The van der Waals surface area contributed by atoms with Gasteiger partial charge in [0.2, 0.25) is 0 Å². The zero-order valence-electron chi connectivity index (χ0n) is 11.6. The molecular formula is C20H15Sb. The topological polar surface area (TPSA) is 0 Å². The molecule has 21 heavy (non-hydrogen) atoms. The van der Waals surface area contributed by atoms with Crippen LogP contribution < -0.4 is 10.5 Å². The van der Waals surface area contributed by atoms with Crippen molar-refractivity contribution in [2.45, 2.75) is 0 Å². The van der Waals surface area contributed by atoms with Crippen LogP contribution in [0.3, 0.4) is 0 Å². The summed E-state index contributed by atoms with van der Waals surface area (Å²) < 4.78 is 4.66. The molecule has 0 atom stereocenters. The molecule has 0 unspecified atom stereocenters. The molecule has 0 aromatic heterocycles. The fourth-order valence-corrected chi connectivity index (χ4v) is 10.2. The van der Waals surface area contributed by atoms with Gasteiger partial charge in [-0.05, 0) is 0 Å². The van der Waals surface area contributed by atoms with Gasteiger partial charge in [0.25, 0.3) is 0 Å². The summed E-state index contributed by atoms with van der Waals surface area (Å²) in [6.07, 6.45) is 4.56. The molecule has 1 aliphatic rings. The summed E-state index contributed by atoms with van der Waals surface area (Å²) in [5.41, 5.74) is 2.78. The Hall–Kier alpha value is -1.78. The maximum absolute atomic E-state index is 2.33. The molecule has 0 nitrogen and oxygen atoms in total. The molecule has 0 saturated heterocycles. The molecule has 3 aromatic rings. The molecule has 0 fully saturated rings. The molecule has 0 saturated carbocycles. The molecule has 1 heteroatoms. The average Bonchev–Trinajstić information content (AvgIpc) is 2.72. The van der Waals surface area contributed by atoms with E-state index in [4.69, 9.17) is 0 Å². The number of rotatable bonds is 1. The van der Waals surface area contributed by atoms with Crippen LogP contribution in [0.25, 0.3) is 12.2 Å². The number of hydrogen-bond acceptors (Lipinski definition) is 0. The van der Waals surface area contributed by atoms with E-state index in [1.54, 1.807) is 7.02 Å². The van der Waals surface area contributed by atoms with E-state index < -0.39 is 20.2 Å². The van der Waals surface area contributed by atoms with Crippen LogP contribution in [0.2, 0.25) is 0 Å². The van der Waals surface area contributed by atoms with Crippen LogP contribution in [0.15, 0.2) is 78.9 Å². The van der Waals surface area contributed by atoms with Crippen molar-refractivity contribution in [3.63, 3.8) is 0 Å². The molecule has 100 valence electrons. The summed E-state index contributed by atoms with van der Waals surface area (Å²) in [5, 5.41) is 0. The Morgan fingerprint density at radius 1 is 0.476 bits per heavy atom. The van der Waals surface area contributed by atoms with Crippen molar-refractivity contribution in [1.29, 1.82) is 0 Å². The zero-order valence-corrected chi connectivity index (χ0v) is 14.2. The van der Waals surface area contributed by atoms with Crippen LogP contribution in [-0.4, -0.2) is 20.2 Å². The van der Waals surface area contributed by atoms with Gasteiger partial charge < -0.3 is 0 Å². The predicted molar refractivity (Wildman–Crippen MR) is 92.9 cm³/mol. The van der Waals surface area contributed by atoms with Crippen molar-refractivity contribution >= 4 is 42.9 Å². The van der Waals surface area contributed by atoms with Gasteiger partial charge in [0.05, 0.1) is 0 Å². The first-order valence-corrected chi connectivity index (χ1v) is 11.0. The van der Waals surface area contributed by atoms with E-state index in [-0.39, 0.29) is 0 Å². The molecule has 1 heterocycles. The van der Waals surface area contributed by atoms with E-state index in [9.17, 15) is 0 Å². The minimum absolute atomic E-state index is 1.39. The minimum atomic E-state index is -1.93. The van der Waals surface area contributed by atoms with Crippen molar-refractivity contribution in [1.82, 2.24) is 0 Å². The molecule has 0 aliphatic carbocycles. The van der Waals surface area contributed by atoms with E-state index >= 15 is 0 Å². The SMILES string of the molecule is C1=Cc2cccc[c]2[Sb]([c]2ccccc2)[c]2ccccc21. The zero-order chi connectivity index (χ0) is 14.1. The quantitative estimate of drug-likeness (QED) is 0.448. The van der Waals surface area contributed by atoms with Gasteiger partial charge >= 0.3 is 133 Å². The first-order valence-electron chi connectivity index (χ1n) is 7.15. The summed E-state index contributed by atoms with van der Waals surface area (Å²) in [6.45, 7) is 0. The standard InChI is InChI=1S/C14H10.C6H5.Sb/c1-3-7-13(8-4-1)11-12-14-9-5-2-6-10-14;1-2-4-6-5-3-1;/h1-7,9,11-12H;1-5H;. The normalized spacial score (nSPS) is 13.3. The van der Waals surface area contributed by atoms with Crippen LogP contribution in [-0.2, 0) is 0 Å². The third kappa shape index (κ3) is 2.34. The second-order valence-corrected chi connectivity index (χ2v) is 11.3. The molecule has 4 rings (SSSR count). The van der Waals surface area contributed by atoms with Gasteiger partial charge in [0.15, 0.2) is 0 Å². The summed E-state index contributed by atoms with van der Waals surface area (Å²) in [5.74, 6) is 0. The predicted octanol–water partition coefficient (Wildman–Crippen LogP) is 2.69. The second-order valence-electron chi connectivity index (χ2n) is 5.12. The van der Waals surface area contributed by atoms with Crippen molar-refractivity contribution < 1.29 is 0 Å². The molecule has 3 aromatic carbocycles. The maximum atomic E-state index is 2.33. The summed E-state index contributed by atoms with van der Waals surface area (Å²) in [4.78, 5) is 0. The van der Waals surface area contributed by atoms with E-state index in [0.717, 1.165) is 0 Å². The molecule has 1 aliphatic heterocycles. The van der Waals surface area contributed by atoms with Crippen LogP contribution in [0.1, 0.15) is 11.1 Å². The van der Waals surface area contributed by atoms with Crippen molar-refractivity contribution in [3.8, 4) is 0 Å². The van der Waals surface area contributed by atoms with Crippen LogP contribution in [0.4, 0.5) is 0 Å². The number of benzene rings is 3. The number of fused-ring (bicyclic) bond motifs is 2. The first-order chi connectivity index (χ1) is 10.4. The Labute approximate surface area is 132 Å². The van der Waals surface area contributed by atoms with Crippen molar-refractivity contribution in [3.05, 3.63) is 90.0 Å². The Kier molecular flexibility index (Phi) is 3.41. The van der Waals surface area contributed by atoms with Gasteiger partial charge in [-0.1, -0.05) is 0 Å². The Balaban J connectivity index is 2.02. The third-order valence-corrected chi connectivity index (χ3v) is 11.2. The number of hydrogen-bond donors (Lipinski definition) is 0. The molecule has 0 radical (unpaired) electrons. The van der Waals surface area contributed by atoms with E-state index in [2.05, 4.69) is 91.0 Å². The van der Waals surface area contributed by atoms with Crippen LogP contribution in [0.5, 0.6) is 0 Å². The Morgan fingerprint density at radius 2 is 0.952 bits per heavy atom. The van der Waals surface area contributed by atoms with E-state index in [1.807, 2.05) is 0 Å². The Morgan fingerprint density at radius 3 is 1.52 bits per heavy atom. The second kappa shape index (κ2) is 5.54. The average molecular weight is 377 g/mol. The van der Waals surface area contributed by atoms with Crippen molar-refractivity contribution in [2.75, 3.05) is 0 Å². The monoisotopic (exact) mass is 376 g/mol. The van der Waals surface area contributed by atoms with Gasteiger partial charge in [-0.25, -0.2) is 0 Å². The molecular weight excluding hydrogens is 362 g/mol. The fraction of sp³-hybridized carbons (Fsp3) is 0. The third-order valence-electron chi connectivity index (χ3n) is 3.81. The molecule has 0 bridgehead atoms. The fourth-order valence-electron chi connectivity index (χ4n) is 2.83. The van der Waals surface area contributed by atoms with Gasteiger partial charge in [-0.15, -0.1) is 0 Å². The van der Waals surface area contributed by atoms with Gasteiger partial charge in [-0.3, -0.25) is 0 Å². The summed E-state index contributed by atoms with van der Waals surface area (Å²) >= 11 is -1.93. The van der Waals surface area contributed by atoms with Crippen molar-refractivity contribution in [2.24, 2.45) is 0 Å². The van der Waals surface area contributed by atoms with E-state index in [0.29, 0.717) is 0 Å². The molecule has 0 amide bonds. The van der Waals surface area contributed by atoms with Gasteiger partial charge in [-0.2, -0.15) is 0 Å². The van der Waals surface area contributed by atoms with Gasteiger partial charge in [0.1, 0.15) is 0 Å². The first kappa shape index (κ1) is 12.9. The molecule has 0 spiro atoms.